The first kappa shape index (κ1) is 114. The molecular weight excluding hydrogens is 1890 g/mol. The maximum Gasteiger partial charge on any atom is 0.339 e. The second-order valence-electron chi connectivity index (χ2n) is 47.9. The molecule has 4 heterocycles. The average Bonchev–Trinajstić information content (AvgIpc) is 0.742. The first-order chi connectivity index (χ1) is 70.2. The normalized spacial score (nSPS) is 19.7. The standard InChI is InChI=1S/2C32H37NO6.C31H42N2O3.C31H40N2O3/c2*1-19(29(36)37)33-14-10-21(11-15-33)24-17-22(18-25-28(24)32(4,5)13-12-31(25,2)3)26(34)9-7-20-6-8-23(30(38)39)27(35)16-20;2*1-21(2)32-15-17-33(18-16-32)26-20-24(19-25-28(26)31(5,6)14-13-30(25,3)4)27(34)12-9-22-7-10-23(11-8-22)29(35)36/h6,8,10,16-19,26,34-35H,11-15H2,1-5H3,(H,36,37)(H,38,39);6-10,16-19,35H,11-15H2,1-5H3,(H,36,37)(H,38,39);7-12,19-21,27,34H,13-18H2,1-6H3,(H,35,36);7-12,19-21H,13-18H2,1-6H3,(H,35,36). The fourth-order valence-electron chi connectivity index (χ4n) is 22.8. The summed E-state index contributed by atoms with van der Waals surface area (Å²) in [5.41, 5.74) is 22.8. The monoisotopic (exact) mass is 2040 g/mol. The van der Waals surface area contributed by atoms with E-state index in [0.29, 0.717) is 73.4 Å². The van der Waals surface area contributed by atoms with Gasteiger partial charge in [-0.2, -0.15) is 0 Å². The second kappa shape index (κ2) is 45.7. The van der Waals surface area contributed by atoms with Gasteiger partial charge in [0.15, 0.2) is 11.6 Å². The molecule has 798 valence electrons. The van der Waals surface area contributed by atoms with Gasteiger partial charge in [0.25, 0.3) is 0 Å². The molecule has 24 nitrogen and oxygen atoms in total. The third-order valence-electron chi connectivity index (χ3n) is 33.1. The Morgan fingerprint density at radius 2 is 0.693 bits per heavy atom. The fraction of sp³-hybridized carbons (Fsp3) is 0.460. The van der Waals surface area contributed by atoms with Crippen molar-refractivity contribution >= 4 is 88.1 Å². The number of aliphatic hydroxyl groups excluding tert-OH is 2. The molecule has 4 aliphatic heterocycles. The molecule has 16 rings (SSSR count). The quantitative estimate of drug-likeness (QED) is 0.0153. The number of fused-ring (bicyclic) bond motifs is 4. The fourth-order valence-corrected chi connectivity index (χ4v) is 22.8. The van der Waals surface area contributed by atoms with Gasteiger partial charge < -0.3 is 60.9 Å². The maximum atomic E-state index is 13.5. The van der Waals surface area contributed by atoms with Crippen LogP contribution in [-0.2, 0) is 52.9 Å². The molecule has 0 bridgehead atoms. The molecule has 4 unspecified atom stereocenters. The summed E-state index contributed by atoms with van der Waals surface area (Å²) in [6, 6.07) is 38.3. The molecule has 0 saturated carbocycles. The van der Waals surface area contributed by atoms with Gasteiger partial charge in [0, 0.05) is 119 Å². The van der Waals surface area contributed by atoms with Crippen molar-refractivity contribution in [1.29, 1.82) is 0 Å². The summed E-state index contributed by atoms with van der Waals surface area (Å²) in [5, 5.41) is 97.8. The minimum absolute atomic E-state index is 0.00598. The highest BCUT2D eigenvalue weighted by Gasteiger charge is 2.47. The molecule has 2 saturated heterocycles. The minimum Gasteiger partial charge on any atom is -0.507 e. The zero-order chi connectivity index (χ0) is 110. The third kappa shape index (κ3) is 26.1. The van der Waals surface area contributed by atoms with Crippen LogP contribution in [0.1, 0.15) is 380 Å². The van der Waals surface area contributed by atoms with Gasteiger partial charge in [-0.1, -0.05) is 202 Å². The Labute approximate surface area is 886 Å². The molecule has 0 spiro atoms. The Balaban J connectivity index is 0.000000167. The summed E-state index contributed by atoms with van der Waals surface area (Å²) >= 11 is 0. The van der Waals surface area contributed by atoms with Crippen molar-refractivity contribution in [1.82, 2.24) is 19.6 Å². The highest BCUT2D eigenvalue weighted by molar-refractivity contribution is 6.09. The number of aromatic carboxylic acids is 4. The number of hydrogen-bond acceptors (Lipinski definition) is 18. The molecule has 8 aromatic carbocycles. The number of hydrogen-bond donors (Lipinski definition) is 10. The molecule has 8 aromatic rings. The Morgan fingerprint density at radius 3 is 1.09 bits per heavy atom. The van der Waals surface area contributed by atoms with Crippen molar-refractivity contribution in [3.05, 3.63) is 286 Å². The van der Waals surface area contributed by atoms with E-state index in [-0.39, 0.29) is 88.6 Å². The Hall–Kier alpha value is -12.9. The lowest BCUT2D eigenvalue weighted by Crippen LogP contribution is -2.50. The molecule has 0 radical (unpaired) electrons. The van der Waals surface area contributed by atoms with Crippen LogP contribution in [0.25, 0.3) is 29.4 Å². The molecule has 4 aliphatic carbocycles. The van der Waals surface area contributed by atoms with E-state index in [9.17, 15) is 69.0 Å². The van der Waals surface area contributed by atoms with Crippen molar-refractivity contribution in [3.8, 4) is 23.3 Å². The maximum absolute atomic E-state index is 13.5. The van der Waals surface area contributed by atoms with E-state index in [4.69, 9.17) is 20.4 Å². The number of nitrogens with zero attached hydrogens (tertiary/aromatic N) is 6. The molecule has 8 aliphatic rings. The number of ketones is 2. The molecule has 150 heavy (non-hydrogen) atoms. The van der Waals surface area contributed by atoms with Crippen molar-refractivity contribution in [3.63, 3.8) is 0 Å². The number of anilines is 2. The SMILES string of the molecule is CC(C(=O)O)N1CC=C(c2cc(C(=O)C=Cc3ccc(C(=O)O)c(O)c3)cc3c2C(C)(C)CCC3(C)C)CC1.CC(C(=O)O)N1CC=C(c2cc(C(O)C#Cc3ccc(C(=O)O)c(O)c3)cc3c2C(C)(C)CCC3(C)C)CC1.CC(C)N1CCN(c2cc(C(=O)C=Cc3ccc(C(=O)O)cc3)cc3c2C(C)(C)CCC3(C)C)CC1.CC(C)N1CCN(c2cc(C(O)C=Cc3ccc(C(=O)O)cc3)cc3c2C(C)(C)CCC3(C)C)CC1. The third-order valence-corrected chi connectivity index (χ3v) is 33.1. The predicted molar refractivity (Wildman–Crippen MR) is 597 cm³/mol. The molecule has 2 fully saturated rings. The van der Waals surface area contributed by atoms with E-state index in [0.717, 1.165) is 148 Å². The van der Waals surface area contributed by atoms with Crippen LogP contribution >= 0.6 is 0 Å². The highest BCUT2D eigenvalue weighted by atomic mass is 16.4. The number of carboxylic acid groups (broad SMARTS) is 6. The average molecular weight is 2040 g/mol. The molecular formula is C126H156N6O18. The van der Waals surface area contributed by atoms with E-state index in [1.54, 1.807) is 92.7 Å². The van der Waals surface area contributed by atoms with E-state index < -0.39 is 60.1 Å². The van der Waals surface area contributed by atoms with Crippen LogP contribution in [0.3, 0.4) is 0 Å². The lowest BCUT2D eigenvalue weighted by atomic mass is 9.61. The number of carboxylic acids is 6. The highest BCUT2D eigenvalue weighted by Crippen LogP contribution is 2.56. The van der Waals surface area contributed by atoms with Crippen LogP contribution in [0.5, 0.6) is 11.5 Å². The summed E-state index contributed by atoms with van der Waals surface area (Å²) in [6.45, 7) is 59.5. The zero-order valence-corrected chi connectivity index (χ0v) is 91.8. The van der Waals surface area contributed by atoms with Crippen LogP contribution in [0, 0.1) is 11.8 Å². The molecule has 10 N–H and O–H groups in total. The van der Waals surface area contributed by atoms with E-state index >= 15 is 0 Å². The van der Waals surface area contributed by atoms with Gasteiger partial charge in [-0.05, 0) is 347 Å². The molecule has 24 heteroatoms. The lowest BCUT2D eigenvalue weighted by Gasteiger charge is -2.46. The number of rotatable bonds is 24. The molecule has 0 aromatic heterocycles. The summed E-state index contributed by atoms with van der Waals surface area (Å²) in [5.74, 6) is -1.21. The largest absolute Gasteiger partial charge is 0.507 e. The Morgan fingerprint density at radius 1 is 0.340 bits per heavy atom. The first-order valence-electron chi connectivity index (χ1n) is 53.1. The number of carbonyl (C=O) groups excluding carboxylic acids is 2. The number of phenols is 2. The number of aliphatic hydroxyl groups is 2. The topological polar surface area (TPSA) is 358 Å². The molecule has 0 amide bonds. The number of aromatic hydroxyl groups is 2. The molecule has 4 atom stereocenters. The number of aliphatic carboxylic acids is 2. The number of benzene rings is 8. The van der Waals surface area contributed by atoms with Gasteiger partial charge in [0.1, 0.15) is 40.8 Å². The predicted octanol–water partition coefficient (Wildman–Crippen LogP) is 23.2. The van der Waals surface area contributed by atoms with Crippen LogP contribution in [-0.4, -0.2) is 221 Å². The summed E-state index contributed by atoms with van der Waals surface area (Å²) in [7, 11) is 0. The summed E-state index contributed by atoms with van der Waals surface area (Å²) in [4.78, 5) is 108. The van der Waals surface area contributed by atoms with Crippen molar-refractivity contribution in [2.45, 2.75) is 296 Å². The van der Waals surface area contributed by atoms with Crippen molar-refractivity contribution in [2.75, 3.05) is 88.3 Å². The summed E-state index contributed by atoms with van der Waals surface area (Å²) in [6.07, 6.45) is 22.4. The number of carbonyl (C=O) groups is 8. The van der Waals surface area contributed by atoms with Gasteiger partial charge in [-0.25, -0.2) is 19.2 Å². The first-order valence-corrected chi connectivity index (χ1v) is 53.1. The van der Waals surface area contributed by atoms with Crippen molar-refractivity contribution in [2.24, 2.45) is 0 Å². The van der Waals surface area contributed by atoms with Gasteiger partial charge in [-0.15, -0.1) is 0 Å². The Bertz CT molecular complexity index is 6690. The minimum atomic E-state index is -1.23. The lowest BCUT2D eigenvalue weighted by molar-refractivity contribution is -0.143. The van der Waals surface area contributed by atoms with E-state index in [1.165, 1.54) is 92.3 Å². The number of piperazine rings is 2. The van der Waals surface area contributed by atoms with E-state index in [2.05, 4.69) is 212 Å². The van der Waals surface area contributed by atoms with Gasteiger partial charge in [-0.3, -0.25) is 38.8 Å². The smallest absolute Gasteiger partial charge is 0.339 e. The van der Waals surface area contributed by atoms with Gasteiger partial charge >= 0.3 is 35.8 Å². The van der Waals surface area contributed by atoms with Crippen LogP contribution in [0.2, 0.25) is 0 Å². The van der Waals surface area contributed by atoms with Gasteiger partial charge in [0.2, 0.25) is 0 Å². The van der Waals surface area contributed by atoms with Crippen LogP contribution in [0.15, 0.2) is 164 Å². The summed E-state index contributed by atoms with van der Waals surface area (Å²) < 4.78 is 0. The Kier molecular flexibility index (Phi) is 34.8. The van der Waals surface area contributed by atoms with E-state index in [1.807, 2.05) is 34.1 Å². The second-order valence-corrected chi connectivity index (χ2v) is 47.9. The van der Waals surface area contributed by atoms with Crippen molar-refractivity contribution < 1.29 is 89.4 Å². The van der Waals surface area contributed by atoms with Gasteiger partial charge in [0.05, 0.1) is 17.2 Å². The number of allylic oxidation sites excluding steroid dienone is 2. The van der Waals surface area contributed by atoms with Crippen LogP contribution < -0.4 is 9.80 Å². The van der Waals surface area contributed by atoms with Crippen LogP contribution in [0.4, 0.5) is 11.4 Å². The zero-order valence-electron chi connectivity index (χ0n) is 91.8.